The number of hydrogen-bond donors (Lipinski definition) is 0. The lowest BCUT2D eigenvalue weighted by Gasteiger charge is -2.22. The van der Waals surface area contributed by atoms with E-state index >= 15 is 0 Å². The van der Waals surface area contributed by atoms with Gasteiger partial charge in [0.1, 0.15) is 5.75 Å². The fraction of sp³-hybridized carbons (Fsp3) is 0.545. The number of rotatable bonds is 4. The first-order chi connectivity index (χ1) is 6.14. The van der Waals surface area contributed by atoms with Crippen LogP contribution < -0.4 is 4.74 Å². The molecular formula is C11H17NO. The monoisotopic (exact) mass is 179 g/mol. The van der Waals surface area contributed by atoms with Gasteiger partial charge in [-0.15, -0.1) is 0 Å². The third-order valence-corrected chi connectivity index (χ3v) is 2.22. The van der Waals surface area contributed by atoms with Gasteiger partial charge < -0.3 is 4.74 Å². The highest BCUT2D eigenvalue weighted by molar-refractivity contribution is 5.15. The largest absolute Gasteiger partial charge is 0.491 e. The molecule has 1 aromatic heterocycles. The summed E-state index contributed by atoms with van der Waals surface area (Å²) in [5.41, 5.74) is 0.246. The molecule has 0 radical (unpaired) electrons. The van der Waals surface area contributed by atoms with E-state index in [1.807, 2.05) is 12.1 Å². The summed E-state index contributed by atoms with van der Waals surface area (Å²) in [7, 11) is 0. The normalized spacial score (nSPS) is 11.3. The molecule has 0 amide bonds. The van der Waals surface area contributed by atoms with E-state index in [2.05, 4.69) is 25.8 Å². The average molecular weight is 179 g/mol. The second kappa shape index (κ2) is 4.26. The van der Waals surface area contributed by atoms with E-state index in [4.69, 9.17) is 4.74 Å². The smallest absolute Gasteiger partial charge is 0.137 e. The Morgan fingerprint density at radius 3 is 2.77 bits per heavy atom. The van der Waals surface area contributed by atoms with Crippen LogP contribution in [0.5, 0.6) is 5.75 Å². The standard InChI is InChI=1S/C11H17NO/c1-4-11(2,3)9-13-10-6-5-7-12-8-10/h5-8H,4,9H2,1-3H3. The maximum absolute atomic E-state index is 5.60. The van der Waals surface area contributed by atoms with Crippen LogP contribution in [-0.4, -0.2) is 11.6 Å². The molecule has 1 heterocycles. The molecule has 0 aliphatic heterocycles. The Morgan fingerprint density at radius 2 is 2.23 bits per heavy atom. The highest BCUT2D eigenvalue weighted by Gasteiger charge is 2.15. The maximum atomic E-state index is 5.60. The van der Waals surface area contributed by atoms with Crippen LogP contribution in [0.25, 0.3) is 0 Å². The van der Waals surface area contributed by atoms with Crippen LogP contribution >= 0.6 is 0 Å². The van der Waals surface area contributed by atoms with Gasteiger partial charge in [-0.3, -0.25) is 4.98 Å². The van der Waals surface area contributed by atoms with E-state index < -0.39 is 0 Å². The minimum absolute atomic E-state index is 0.246. The van der Waals surface area contributed by atoms with Crippen LogP contribution in [0.4, 0.5) is 0 Å². The van der Waals surface area contributed by atoms with Gasteiger partial charge in [0.15, 0.2) is 0 Å². The van der Waals surface area contributed by atoms with Crippen molar-refractivity contribution in [2.45, 2.75) is 27.2 Å². The molecule has 0 saturated carbocycles. The predicted octanol–water partition coefficient (Wildman–Crippen LogP) is 2.90. The number of aromatic nitrogens is 1. The lowest BCUT2D eigenvalue weighted by atomic mass is 9.92. The van der Waals surface area contributed by atoms with Crippen molar-refractivity contribution in [1.29, 1.82) is 0 Å². The molecule has 0 spiro atoms. The van der Waals surface area contributed by atoms with Crippen molar-refractivity contribution in [2.24, 2.45) is 5.41 Å². The molecule has 13 heavy (non-hydrogen) atoms. The molecule has 0 unspecified atom stereocenters. The number of pyridine rings is 1. The maximum Gasteiger partial charge on any atom is 0.137 e. The van der Waals surface area contributed by atoms with Crippen molar-refractivity contribution in [3.8, 4) is 5.75 Å². The summed E-state index contributed by atoms with van der Waals surface area (Å²) in [5, 5.41) is 0. The van der Waals surface area contributed by atoms with Gasteiger partial charge in [0.05, 0.1) is 12.8 Å². The lowest BCUT2D eigenvalue weighted by molar-refractivity contribution is 0.175. The highest BCUT2D eigenvalue weighted by atomic mass is 16.5. The van der Waals surface area contributed by atoms with Gasteiger partial charge in [0.2, 0.25) is 0 Å². The molecule has 2 nitrogen and oxygen atoms in total. The Hall–Kier alpha value is -1.05. The fourth-order valence-corrected chi connectivity index (χ4v) is 0.813. The Balaban J connectivity index is 2.44. The molecule has 72 valence electrons. The first-order valence-corrected chi connectivity index (χ1v) is 4.67. The average Bonchev–Trinajstić information content (AvgIpc) is 2.17. The van der Waals surface area contributed by atoms with Crippen molar-refractivity contribution in [1.82, 2.24) is 4.98 Å². The van der Waals surface area contributed by atoms with E-state index in [0.29, 0.717) is 0 Å². The van der Waals surface area contributed by atoms with Crippen LogP contribution in [0, 0.1) is 5.41 Å². The fourth-order valence-electron chi connectivity index (χ4n) is 0.813. The number of ether oxygens (including phenoxy) is 1. The summed E-state index contributed by atoms with van der Waals surface area (Å²) in [5.74, 6) is 0.851. The van der Waals surface area contributed by atoms with Gasteiger partial charge in [-0.2, -0.15) is 0 Å². The zero-order chi connectivity index (χ0) is 9.73. The number of nitrogens with zero attached hydrogens (tertiary/aromatic N) is 1. The molecule has 1 rings (SSSR count). The second-order valence-electron chi connectivity index (χ2n) is 4.00. The molecule has 0 aliphatic rings. The Labute approximate surface area is 80.0 Å². The Morgan fingerprint density at radius 1 is 1.46 bits per heavy atom. The van der Waals surface area contributed by atoms with Crippen molar-refractivity contribution >= 4 is 0 Å². The summed E-state index contributed by atoms with van der Waals surface area (Å²) in [6, 6.07) is 3.81. The van der Waals surface area contributed by atoms with E-state index in [9.17, 15) is 0 Å². The predicted molar refractivity (Wildman–Crippen MR) is 53.8 cm³/mol. The minimum Gasteiger partial charge on any atom is -0.491 e. The molecule has 0 fully saturated rings. The van der Waals surface area contributed by atoms with E-state index in [-0.39, 0.29) is 5.41 Å². The highest BCUT2D eigenvalue weighted by Crippen LogP contribution is 2.21. The summed E-state index contributed by atoms with van der Waals surface area (Å²) in [6.45, 7) is 7.31. The van der Waals surface area contributed by atoms with Crippen LogP contribution in [0.1, 0.15) is 27.2 Å². The molecule has 0 bridgehead atoms. The molecule has 0 aliphatic carbocycles. The zero-order valence-electron chi connectivity index (χ0n) is 8.58. The summed E-state index contributed by atoms with van der Waals surface area (Å²) in [6.07, 6.45) is 4.61. The van der Waals surface area contributed by atoms with Crippen LogP contribution in [0.2, 0.25) is 0 Å². The molecule has 0 N–H and O–H groups in total. The molecule has 2 heteroatoms. The van der Waals surface area contributed by atoms with Gasteiger partial charge in [0, 0.05) is 6.20 Å². The lowest BCUT2D eigenvalue weighted by Crippen LogP contribution is -2.20. The third kappa shape index (κ3) is 3.45. The first-order valence-electron chi connectivity index (χ1n) is 4.67. The zero-order valence-corrected chi connectivity index (χ0v) is 8.58. The van der Waals surface area contributed by atoms with Gasteiger partial charge in [-0.1, -0.05) is 20.8 Å². The van der Waals surface area contributed by atoms with Crippen molar-refractivity contribution in [3.63, 3.8) is 0 Å². The van der Waals surface area contributed by atoms with Gasteiger partial charge in [-0.05, 0) is 24.0 Å². The Kier molecular flexibility index (Phi) is 3.29. The number of hydrogen-bond acceptors (Lipinski definition) is 2. The van der Waals surface area contributed by atoms with Gasteiger partial charge in [-0.25, -0.2) is 0 Å². The van der Waals surface area contributed by atoms with Crippen molar-refractivity contribution in [3.05, 3.63) is 24.5 Å². The van der Waals surface area contributed by atoms with E-state index in [0.717, 1.165) is 18.8 Å². The first kappa shape index (κ1) is 10.0. The summed E-state index contributed by atoms with van der Waals surface area (Å²) < 4.78 is 5.60. The van der Waals surface area contributed by atoms with Crippen LogP contribution in [0.3, 0.4) is 0 Å². The second-order valence-corrected chi connectivity index (χ2v) is 4.00. The molecule has 1 aromatic rings. The van der Waals surface area contributed by atoms with Crippen molar-refractivity contribution in [2.75, 3.05) is 6.61 Å². The molecule has 0 aromatic carbocycles. The summed E-state index contributed by atoms with van der Waals surface area (Å²) >= 11 is 0. The van der Waals surface area contributed by atoms with Crippen LogP contribution in [0.15, 0.2) is 24.5 Å². The van der Waals surface area contributed by atoms with Gasteiger partial charge in [0.25, 0.3) is 0 Å². The molecular weight excluding hydrogens is 162 g/mol. The van der Waals surface area contributed by atoms with Crippen LogP contribution in [-0.2, 0) is 0 Å². The Bertz CT molecular complexity index is 244. The SMILES string of the molecule is CCC(C)(C)COc1cccnc1. The minimum atomic E-state index is 0.246. The quantitative estimate of drug-likeness (QED) is 0.709. The van der Waals surface area contributed by atoms with E-state index in [1.165, 1.54) is 0 Å². The topological polar surface area (TPSA) is 22.1 Å². The van der Waals surface area contributed by atoms with Crippen molar-refractivity contribution < 1.29 is 4.74 Å². The molecule has 0 atom stereocenters. The summed E-state index contributed by atoms with van der Waals surface area (Å²) in [4.78, 5) is 3.99. The molecule has 0 saturated heterocycles. The third-order valence-electron chi connectivity index (χ3n) is 2.22. The van der Waals surface area contributed by atoms with E-state index in [1.54, 1.807) is 12.4 Å². The van der Waals surface area contributed by atoms with Gasteiger partial charge >= 0.3 is 0 Å².